The van der Waals surface area contributed by atoms with E-state index in [0.717, 1.165) is 19.3 Å². The molecule has 1 aliphatic rings. The number of hydroxylamine groups is 2. The van der Waals surface area contributed by atoms with Gasteiger partial charge >= 0.3 is 5.97 Å². The van der Waals surface area contributed by atoms with Gasteiger partial charge in [0.2, 0.25) is 5.91 Å². The molecule has 0 bridgehead atoms. The van der Waals surface area contributed by atoms with Gasteiger partial charge in [-0.15, -0.1) is 5.06 Å². The number of carbonyl (C=O) groups is 4. The summed E-state index contributed by atoms with van der Waals surface area (Å²) in [6, 6.07) is -0.850. The number of amides is 3. The monoisotopic (exact) mass is 382 g/mol. The average molecular weight is 383 g/mol. The van der Waals surface area contributed by atoms with Crippen LogP contribution in [0.2, 0.25) is 0 Å². The van der Waals surface area contributed by atoms with Gasteiger partial charge in [-0.3, -0.25) is 14.4 Å². The number of rotatable bonds is 14. The van der Waals surface area contributed by atoms with Crippen molar-refractivity contribution >= 4 is 23.7 Å². The second-order valence-corrected chi connectivity index (χ2v) is 7.10. The van der Waals surface area contributed by atoms with E-state index in [9.17, 15) is 19.2 Å². The van der Waals surface area contributed by atoms with E-state index in [1.807, 2.05) is 0 Å². The van der Waals surface area contributed by atoms with Gasteiger partial charge in [0.25, 0.3) is 11.8 Å². The molecule has 7 nitrogen and oxygen atoms in total. The molecule has 3 amide bonds. The summed E-state index contributed by atoms with van der Waals surface area (Å²) < 4.78 is 0. The molecule has 0 aliphatic carbocycles. The number of nitrogens with one attached hydrogen (secondary N) is 1. The Hall–Kier alpha value is -1.92. The minimum Gasteiger partial charge on any atom is -0.343 e. The highest BCUT2D eigenvalue weighted by molar-refractivity contribution is 6.01. The van der Waals surface area contributed by atoms with Crippen LogP contribution >= 0.6 is 0 Å². The number of hydrogen-bond donors (Lipinski definition) is 1. The first-order valence-corrected chi connectivity index (χ1v) is 10.4. The summed E-state index contributed by atoms with van der Waals surface area (Å²) in [6.45, 7) is 3.94. The van der Waals surface area contributed by atoms with E-state index in [2.05, 4.69) is 12.2 Å². The quantitative estimate of drug-likeness (QED) is 0.367. The standard InChI is InChI=1S/C20H34N2O5/c1-3-5-6-7-8-9-10-11-12-13-17(23)21-16(4-2)20(26)27-22-18(24)14-15-19(22)25/h16H,3-15H2,1-2H3,(H,21,23). The normalized spacial score (nSPS) is 15.1. The van der Waals surface area contributed by atoms with Crippen molar-refractivity contribution in [1.82, 2.24) is 10.4 Å². The lowest BCUT2D eigenvalue weighted by atomic mass is 10.1. The zero-order chi connectivity index (χ0) is 20.1. The van der Waals surface area contributed by atoms with Gasteiger partial charge in [0.1, 0.15) is 6.04 Å². The molecule has 1 aliphatic heterocycles. The third-order valence-electron chi connectivity index (χ3n) is 4.72. The van der Waals surface area contributed by atoms with Crippen LogP contribution in [-0.4, -0.2) is 34.8 Å². The van der Waals surface area contributed by atoms with Crippen molar-refractivity contribution in [1.29, 1.82) is 0 Å². The molecular weight excluding hydrogens is 348 g/mol. The minimum absolute atomic E-state index is 0.0495. The molecule has 0 spiro atoms. The lowest BCUT2D eigenvalue weighted by molar-refractivity contribution is -0.199. The topological polar surface area (TPSA) is 92.8 Å². The summed E-state index contributed by atoms with van der Waals surface area (Å²) in [4.78, 5) is 52.0. The first-order chi connectivity index (χ1) is 13.0. The van der Waals surface area contributed by atoms with Crippen molar-refractivity contribution in [2.75, 3.05) is 0 Å². The Morgan fingerprint density at radius 3 is 1.96 bits per heavy atom. The zero-order valence-corrected chi connectivity index (χ0v) is 16.8. The lowest BCUT2D eigenvalue weighted by Gasteiger charge is -2.19. The van der Waals surface area contributed by atoms with Gasteiger partial charge < -0.3 is 10.2 Å². The van der Waals surface area contributed by atoms with Crippen molar-refractivity contribution in [3.8, 4) is 0 Å². The molecule has 27 heavy (non-hydrogen) atoms. The number of carbonyl (C=O) groups excluding carboxylic acids is 4. The summed E-state index contributed by atoms with van der Waals surface area (Å²) in [5, 5.41) is 3.14. The number of unbranched alkanes of at least 4 members (excludes halogenated alkanes) is 8. The summed E-state index contributed by atoms with van der Waals surface area (Å²) in [5.41, 5.74) is 0. The fraction of sp³-hybridized carbons (Fsp3) is 0.800. The maximum atomic E-state index is 12.1. The Bertz CT molecular complexity index is 491. The van der Waals surface area contributed by atoms with Gasteiger partial charge in [0.05, 0.1) is 0 Å². The molecule has 0 saturated carbocycles. The molecular formula is C20H34N2O5. The zero-order valence-electron chi connectivity index (χ0n) is 16.8. The van der Waals surface area contributed by atoms with Crippen LogP contribution in [0.15, 0.2) is 0 Å². The molecule has 154 valence electrons. The molecule has 7 heteroatoms. The van der Waals surface area contributed by atoms with Crippen molar-refractivity contribution in [3.63, 3.8) is 0 Å². The van der Waals surface area contributed by atoms with Gasteiger partial charge in [-0.1, -0.05) is 65.2 Å². The smallest absolute Gasteiger partial charge is 0.343 e. The van der Waals surface area contributed by atoms with Crippen molar-refractivity contribution in [2.45, 2.75) is 103 Å². The number of hydrogen-bond acceptors (Lipinski definition) is 5. The van der Waals surface area contributed by atoms with E-state index >= 15 is 0 Å². The largest absolute Gasteiger partial charge is 0.355 e. The van der Waals surface area contributed by atoms with Crippen molar-refractivity contribution in [2.24, 2.45) is 0 Å². The van der Waals surface area contributed by atoms with Crippen LogP contribution in [0.5, 0.6) is 0 Å². The maximum absolute atomic E-state index is 12.1. The van der Waals surface area contributed by atoms with Crippen LogP contribution in [-0.2, 0) is 24.0 Å². The first kappa shape index (κ1) is 23.1. The predicted molar refractivity (Wildman–Crippen MR) is 101 cm³/mol. The predicted octanol–water partition coefficient (Wildman–Crippen LogP) is 3.41. The average Bonchev–Trinajstić information content (AvgIpc) is 2.96. The third-order valence-corrected chi connectivity index (χ3v) is 4.72. The van der Waals surface area contributed by atoms with Gasteiger partial charge in [-0.05, 0) is 12.8 Å². The molecule has 1 atom stereocenters. The van der Waals surface area contributed by atoms with Crippen LogP contribution in [0.3, 0.4) is 0 Å². The molecule has 1 fully saturated rings. The maximum Gasteiger partial charge on any atom is 0.355 e. The first-order valence-electron chi connectivity index (χ1n) is 10.4. The summed E-state index contributed by atoms with van der Waals surface area (Å²) in [5.74, 6) is -2.03. The van der Waals surface area contributed by atoms with E-state index in [1.54, 1.807) is 6.92 Å². The molecule has 0 radical (unpaired) electrons. The number of nitrogens with zero attached hydrogens (tertiary/aromatic N) is 1. The molecule has 1 N–H and O–H groups in total. The Morgan fingerprint density at radius 2 is 1.44 bits per heavy atom. The third kappa shape index (κ3) is 9.02. The second kappa shape index (κ2) is 13.3. The fourth-order valence-electron chi connectivity index (χ4n) is 3.00. The van der Waals surface area contributed by atoms with Gasteiger partial charge in [0, 0.05) is 19.3 Å². The van der Waals surface area contributed by atoms with Gasteiger partial charge in [-0.2, -0.15) is 0 Å². The summed E-state index contributed by atoms with van der Waals surface area (Å²) in [7, 11) is 0. The minimum atomic E-state index is -0.850. The highest BCUT2D eigenvalue weighted by atomic mass is 16.7. The fourth-order valence-corrected chi connectivity index (χ4v) is 3.00. The second-order valence-electron chi connectivity index (χ2n) is 7.10. The highest BCUT2D eigenvalue weighted by Crippen LogP contribution is 2.14. The number of imide groups is 1. The van der Waals surface area contributed by atoms with E-state index < -0.39 is 23.8 Å². The highest BCUT2D eigenvalue weighted by Gasteiger charge is 2.34. The Balaban J connectivity index is 2.18. The summed E-state index contributed by atoms with van der Waals surface area (Å²) in [6.07, 6.45) is 11.3. The Morgan fingerprint density at radius 1 is 0.926 bits per heavy atom. The van der Waals surface area contributed by atoms with Gasteiger partial charge in [-0.25, -0.2) is 4.79 Å². The Labute approximate surface area is 162 Å². The van der Waals surface area contributed by atoms with Crippen LogP contribution in [0.4, 0.5) is 0 Å². The molecule has 1 heterocycles. The van der Waals surface area contributed by atoms with E-state index in [0.29, 0.717) is 17.9 Å². The Kier molecular flexibility index (Phi) is 11.4. The van der Waals surface area contributed by atoms with E-state index in [-0.39, 0.29) is 18.7 Å². The molecule has 0 aromatic rings. The molecule has 0 aromatic carbocycles. The molecule has 1 unspecified atom stereocenters. The van der Waals surface area contributed by atoms with Crippen LogP contribution in [0.25, 0.3) is 0 Å². The van der Waals surface area contributed by atoms with Crippen LogP contribution in [0.1, 0.15) is 97.3 Å². The van der Waals surface area contributed by atoms with E-state index in [4.69, 9.17) is 4.84 Å². The van der Waals surface area contributed by atoms with Crippen molar-refractivity contribution < 1.29 is 24.0 Å². The molecule has 0 aromatic heterocycles. The van der Waals surface area contributed by atoms with Gasteiger partial charge in [0.15, 0.2) is 0 Å². The molecule has 1 saturated heterocycles. The van der Waals surface area contributed by atoms with Crippen LogP contribution in [0, 0.1) is 0 Å². The lowest BCUT2D eigenvalue weighted by Crippen LogP contribution is -2.45. The summed E-state index contributed by atoms with van der Waals surface area (Å²) >= 11 is 0. The van der Waals surface area contributed by atoms with E-state index in [1.165, 1.54) is 38.5 Å². The molecule has 1 rings (SSSR count). The van der Waals surface area contributed by atoms with Crippen LogP contribution < -0.4 is 5.32 Å². The van der Waals surface area contributed by atoms with Crippen molar-refractivity contribution in [3.05, 3.63) is 0 Å². The SMILES string of the molecule is CCCCCCCCCCCC(=O)NC(CC)C(=O)ON1C(=O)CCC1=O.